The van der Waals surface area contributed by atoms with E-state index in [0.717, 1.165) is 35.5 Å². The summed E-state index contributed by atoms with van der Waals surface area (Å²) >= 11 is 6.17. The lowest BCUT2D eigenvalue weighted by atomic mass is 10.1. The zero-order valence-electron chi connectivity index (χ0n) is 22.2. The normalized spacial score (nSPS) is 14.7. The van der Waals surface area contributed by atoms with Crippen molar-refractivity contribution in [1.29, 1.82) is 0 Å². The fraction of sp³-hybridized carbons (Fsp3) is 0.367. The highest BCUT2D eigenvalue weighted by atomic mass is 35.5. The molecular weight excluding hydrogens is 504 g/mol. The Kier molecular flexibility index (Phi) is 9.87. The number of ether oxygens (including phenoxy) is 4. The number of amides is 1. The number of hydrogen-bond acceptors (Lipinski definition) is 6. The van der Waals surface area contributed by atoms with E-state index < -0.39 is 0 Å². The second kappa shape index (κ2) is 13.5. The molecule has 3 aromatic rings. The van der Waals surface area contributed by atoms with Gasteiger partial charge in [-0.05, 0) is 53.1 Å². The Labute approximate surface area is 229 Å². The second-order valence-electron chi connectivity index (χ2n) is 9.25. The quantitative estimate of drug-likeness (QED) is 0.342. The molecule has 0 saturated carbocycles. The van der Waals surface area contributed by atoms with Crippen molar-refractivity contribution in [1.82, 2.24) is 9.80 Å². The highest BCUT2D eigenvalue weighted by Gasteiger charge is 2.25. The van der Waals surface area contributed by atoms with Crippen LogP contribution >= 0.6 is 11.6 Å². The molecule has 1 amide bonds. The summed E-state index contributed by atoms with van der Waals surface area (Å²) in [5, 5.41) is 0.693. The van der Waals surface area contributed by atoms with Gasteiger partial charge in [-0.15, -0.1) is 0 Å². The van der Waals surface area contributed by atoms with Gasteiger partial charge in [0.25, 0.3) is 0 Å². The summed E-state index contributed by atoms with van der Waals surface area (Å²) in [6.45, 7) is 4.06. The zero-order chi connectivity index (χ0) is 26.9. The number of piperazine rings is 1. The summed E-state index contributed by atoms with van der Waals surface area (Å²) in [6.07, 6.45) is 0.174. The Morgan fingerprint density at radius 2 is 1.61 bits per heavy atom. The van der Waals surface area contributed by atoms with Gasteiger partial charge in [0.2, 0.25) is 5.91 Å². The van der Waals surface area contributed by atoms with Gasteiger partial charge in [-0.1, -0.05) is 41.9 Å². The van der Waals surface area contributed by atoms with Gasteiger partial charge >= 0.3 is 0 Å². The standard InChI is InChI=1S/C30H35ClN2O5/c1-35-26-9-5-7-24(19-26)29(38-21-23-6-4-8-25(31)16-23)20-32-12-14-33(15-13-32)30(34)18-22-10-11-27(36-2)28(17-22)37-3/h4-11,16-17,19,29H,12-15,18,20-21H2,1-3H3. The Balaban J connectivity index is 1.36. The maximum absolute atomic E-state index is 13.0. The fourth-order valence-electron chi connectivity index (χ4n) is 4.61. The predicted octanol–water partition coefficient (Wildman–Crippen LogP) is 5.01. The topological polar surface area (TPSA) is 60.5 Å². The fourth-order valence-corrected chi connectivity index (χ4v) is 4.82. The highest BCUT2D eigenvalue weighted by Crippen LogP contribution is 2.28. The number of rotatable bonds is 11. The minimum atomic E-state index is -0.155. The summed E-state index contributed by atoms with van der Waals surface area (Å²) in [7, 11) is 4.86. The number of methoxy groups -OCH3 is 3. The molecule has 1 unspecified atom stereocenters. The van der Waals surface area contributed by atoms with Crippen LogP contribution in [-0.4, -0.2) is 69.8 Å². The van der Waals surface area contributed by atoms with E-state index in [2.05, 4.69) is 11.0 Å². The lowest BCUT2D eigenvalue weighted by molar-refractivity contribution is -0.132. The van der Waals surface area contributed by atoms with E-state index in [4.69, 9.17) is 30.5 Å². The maximum Gasteiger partial charge on any atom is 0.227 e. The van der Waals surface area contributed by atoms with Gasteiger partial charge in [-0.2, -0.15) is 0 Å². The first-order chi connectivity index (χ1) is 18.5. The molecule has 0 aromatic heterocycles. The van der Waals surface area contributed by atoms with Crippen LogP contribution < -0.4 is 14.2 Å². The Bertz CT molecular complexity index is 1210. The van der Waals surface area contributed by atoms with E-state index in [9.17, 15) is 4.79 Å². The van der Waals surface area contributed by atoms with Crippen LogP contribution in [0.3, 0.4) is 0 Å². The van der Waals surface area contributed by atoms with E-state index in [1.807, 2.05) is 65.6 Å². The van der Waals surface area contributed by atoms with Crippen molar-refractivity contribution in [2.24, 2.45) is 0 Å². The van der Waals surface area contributed by atoms with Gasteiger partial charge in [0.1, 0.15) is 5.75 Å². The molecule has 0 aliphatic carbocycles. The summed E-state index contributed by atoms with van der Waals surface area (Å²) in [5.41, 5.74) is 2.98. The third-order valence-electron chi connectivity index (χ3n) is 6.76. The molecule has 7 nitrogen and oxygen atoms in total. The molecular formula is C30H35ClN2O5. The lowest BCUT2D eigenvalue weighted by Gasteiger charge is -2.36. The Morgan fingerprint density at radius 1 is 0.842 bits per heavy atom. The Morgan fingerprint density at radius 3 is 2.32 bits per heavy atom. The summed E-state index contributed by atoms with van der Waals surface area (Å²) in [5.74, 6) is 2.19. The molecule has 1 heterocycles. The molecule has 38 heavy (non-hydrogen) atoms. The summed E-state index contributed by atoms with van der Waals surface area (Å²) in [6, 6.07) is 21.3. The van der Waals surface area contributed by atoms with Crippen LogP contribution in [0.15, 0.2) is 66.7 Å². The van der Waals surface area contributed by atoms with E-state index in [1.165, 1.54) is 0 Å². The van der Waals surface area contributed by atoms with Gasteiger partial charge in [-0.25, -0.2) is 0 Å². The molecule has 0 N–H and O–H groups in total. The summed E-state index contributed by atoms with van der Waals surface area (Å²) in [4.78, 5) is 17.3. The molecule has 4 rings (SSSR count). The molecule has 1 aliphatic heterocycles. The van der Waals surface area contributed by atoms with E-state index >= 15 is 0 Å². The first-order valence-corrected chi connectivity index (χ1v) is 13.1. The number of carbonyl (C=O) groups is 1. The first kappa shape index (κ1) is 27.8. The van der Waals surface area contributed by atoms with E-state index in [0.29, 0.717) is 49.2 Å². The van der Waals surface area contributed by atoms with Gasteiger partial charge < -0.3 is 23.8 Å². The zero-order valence-corrected chi connectivity index (χ0v) is 22.9. The molecule has 202 valence electrons. The van der Waals surface area contributed by atoms with Crippen LogP contribution in [0.1, 0.15) is 22.8 Å². The van der Waals surface area contributed by atoms with Crippen LogP contribution in [0, 0.1) is 0 Å². The Hall–Kier alpha value is -3.26. The van der Waals surface area contributed by atoms with Crippen LogP contribution in [0.5, 0.6) is 17.2 Å². The maximum atomic E-state index is 13.0. The van der Waals surface area contributed by atoms with E-state index in [-0.39, 0.29) is 12.0 Å². The third-order valence-corrected chi connectivity index (χ3v) is 6.99. The van der Waals surface area contributed by atoms with Crippen molar-refractivity contribution in [3.05, 3.63) is 88.4 Å². The third kappa shape index (κ3) is 7.40. The van der Waals surface area contributed by atoms with Crippen molar-refractivity contribution in [3.8, 4) is 17.2 Å². The number of hydrogen-bond donors (Lipinski definition) is 0. The molecule has 1 atom stereocenters. The molecule has 1 fully saturated rings. The van der Waals surface area contributed by atoms with Crippen LogP contribution in [0.25, 0.3) is 0 Å². The van der Waals surface area contributed by atoms with Crippen LogP contribution in [-0.2, 0) is 22.6 Å². The summed E-state index contributed by atoms with van der Waals surface area (Å²) < 4.78 is 22.5. The van der Waals surface area contributed by atoms with Crippen molar-refractivity contribution in [2.45, 2.75) is 19.1 Å². The van der Waals surface area contributed by atoms with Crippen molar-refractivity contribution in [2.75, 3.05) is 54.1 Å². The minimum absolute atomic E-state index is 0.110. The number of benzene rings is 3. The molecule has 1 aliphatic rings. The largest absolute Gasteiger partial charge is 0.497 e. The van der Waals surface area contributed by atoms with Crippen LogP contribution in [0.4, 0.5) is 0 Å². The smallest absolute Gasteiger partial charge is 0.227 e. The molecule has 0 radical (unpaired) electrons. The monoisotopic (exact) mass is 538 g/mol. The predicted molar refractivity (Wildman–Crippen MR) is 148 cm³/mol. The number of carbonyl (C=O) groups excluding carboxylic acids is 1. The number of nitrogens with zero attached hydrogens (tertiary/aromatic N) is 2. The van der Waals surface area contributed by atoms with E-state index in [1.54, 1.807) is 21.3 Å². The van der Waals surface area contributed by atoms with Gasteiger partial charge in [-0.3, -0.25) is 9.69 Å². The average Bonchev–Trinajstić information content (AvgIpc) is 2.95. The molecule has 8 heteroatoms. The van der Waals surface area contributed by atoms with Gasteiger partial charge in [0, 0.05) is 37.7 Å². The molecule has 1 saturated heterocycles. The van der Waals surface area contributed by atoms with Crippen LogP contribution in [0.2, 0.25) is 5.02 Å². The molecule has 3 aromatic carbocycles. The minimum Gasteiger partial charge on any atom is -0.497 e. The van der Waals surface area contributed by atoms with Gasteiger partial charge in [0.05, 0.1) is 40.5 Å². The SMILES string of the molecule is COc1cccc(C(CN2CCN(C(=O)Cc3ccc(OC)c(OC)c3)CC2)OCc2cccc(Cl)c2)c1. The molecule has 0 bridgehead atoms. The second-order valence-corrected chi connectivity index (χ2v) is 9.69. The lowest BCUT2D eigenvalue weighted by Crippen LogP contribution is -2.50. The first-order valence-electron chi connectivity index (χ1n) is 12.7. The van der Waals surface area contributed by atoms with Crippen molar-refractivity contribution < 1.29 is 23.7 Å². The van der Waals surface area contributed by atoms with Crippen molar-refractivity contribution >= 4 is 17.5 Å². The van der Waals surface area contributed by atoms with Crippen molar-refractivity contribution in [3.63, 3.8) is 0 Å². The number of halogens is 1. The average molecular weight is 539 g/mol. The molecule has 0 spiro atoms. The highest BCUT2D eigenvalue weighted by molar-refractivity contribution is 6.30. The van der Waals surface area contributed by atoms with Gasteiger partial charge in [0.15, 0.2) is 11.5 Å².